The van der Waals surface area contributed by atoms with Gasteiger partial charge >= 0.3 is 0 Å². The molecule has 0 aliphatic heterocycles. The highest BCUT2D eigenvalue weighted by molar-refractivity contribution is 6.43. The minimum atomic E-state index is -0.691. The summed E-state index contributed by atoms with van der Waals surface area (Å²) in [7, 11) is 0. The van der Waals surface area contributed by atoms with Crippen molar-refractivity contribution in [3.63, 3.8) is 0 Å². The van der Waals surface area contributed by atoms with Gasteiger partial charge in [0.25, 0.3) is 5.91 Å². The van der Waals surface area contributed by atoms with Crippen molar-refractivity contribution in [1.82, 2.24) is 4.57 Å². The first kappa shape index (κ1) is 20.7. The summed E-state index contributed by atoms with van der Waals surface area (Å²) in [6.07, 6.45) is 1.47. The van der Waals surface area contributed by atoms with Crippen LogP contribution >= 0.6 is 23.2 Å². The average molecular weight is 428 g/mol. The number of hydrogen-bond acceptors (Lipinski definition) is 2. The van der Waals surface area contributed by atoms with Crippen molar-refractivity contribution in [1.29, 1.82) is 5.26 Å². The molecule has 0 fully saturated rings. The summed E-state index contributed by atoms with van der Waals surface area (Å²) in [6, 6.07) is 14.8. The molecule has 0 aliphatic rings. The maximum atomic E-state index is 13.8. The lowest BCUT2D eigenvalue weighted by atomic mass is 10.1. The first-order valence-electron chi connectivity index (χ1n) is 8.64. The molecule has 1 N–H and O–H groups in total. The first-order chi connectivity index (χ1) is 13.8. The van der Waals surface area contributed by atoms with Gasteiger partial charge in [-0.1, -0.05) is 41.4 Å². The second-order valence-electron chi connectivity index (χ2n) is 6.34. The van der Waals surface area contributed by atoms with Crippen molar-refractivity contribution < 1.29 is 9.18 Å². The number of nitrogens with zero attached hydrogens (tertiary/aromatic N) is 2. The van der Waals surface area contributed by atoms with Crippen LogP contribution in [-0.4, -0.2) is 10.5 Å². The lowest BCUT2D eigenvalue weighted by molar-refractivity contribution is -0.112. The molecule has 0 aliphatic carbocycles. The molecule has 0 radical (unpaired) electrons. The number of aryl methyl sites for hydroxylation is 1. The summed E-state index contributed by atoms with van der Waals surface area (Å²) in [5.74, 6) is -1.27. The number of hydrogen-bond donors (Lipinski definition) is 1. The molecule has 29 heavy (non-hydrogen) atoms. The van der Waals surface area contributed by atoms with Crippen LogP contribution in [0.5, 0.6) is 0 Å². The topological polar surface area (TPSA) is 57.8 Å². The summed E-state index contributed by atoms with van der Waals surface area (Å²) in [5, 5.41) is 12.7. The van der Waals surface area contributed by atoms with Gasteiger partial charge in [0.1, 0.15) is 17.5 Å². The maximum Gasteiger partial charge on any atom is 0.266 e. The lowest BCUT2D eigenvalue weighted by Crippen LogP contribution is -2.14. The zero-order chi connectivity index (χ0) is 21.1. The van der Waals surface area contributed by atoms with Crippen LogP contribution in [0.3, 0.4) is 0 Å². The molecule has 0 unspecified atom stereocenters. The Kier molecular flexibility index (Phi) is 6.07. The number of amides is 1. The van der Waals surface area contributed by atoms with Gasteiger partial charge in [0.2, 0.25) is 0 Å². The number of carbonyl (C=O) groups is 1. The van der Waals surface area contributed by atoms with Crippen LogP contribution in [0.2, 0.25) is 10.0 Å². The van der Waals surface area contributed by atoms with Gasteiger partial charge < -0.3 is 9.88 Å². The second-order valence-corrected chi connectivity index (χ2v) is 7.12. The van der Waals surface area contributed by atoms with Crippen molar-refractivity contribution in [2.24, 2.45) is 0 Å². The summed E-state index contributed by atoms with van der Waals surface area (Å²) >= 11 is 12.5. The van der Waals surface area contributed by atoms with Gasteiger partial charge in [-0.15, -0.1) is 0 Å². The maximum absolute atomic E-state index is 13.8. The first-order valence-corrected chi connectivity index (χ1v) is 9.40. The van der Waals surface area contributed by atoms with Gasteiger partial charge in [0, 0.05) is 11.4 Å². The molecule has 2 aromatic carbocycles. The van der Waals surface area contributed by atoms with Crippen LogP contribution in [0.25, 0.3) is 11.8 Å². The van der Waals surface area contributed by atoms with Crippen molar-refractivity contribution in [3.8, 4) is 11.8 Å². The van der Waals surface area contributed by atoms with Crippen molar-refractivity contribution in [2.45, 2.75) is 13.8 Å². The largest absolute Gasteiger partial charge is 0.319 e. The molecular weight excluding hydrogens is 412 g/mol. The van der Waals surface area contributed by atoms with Crippen LogP contribution in [0.15, 0.2) is 54.1 Å². The molecule has 3 rings (SSSR count). The molecule has 1 aromatic heterocycles. The van der Waals surface area contributed by atoms with Crippen LogP contribution in [0, 0.1) is 31.0 Å². The summed E-state index contributed by atoms with van der Waals surface area (Å²) in [5.41, 5.74) is 2.85. The summed E-state index contributed by atoms with van der Waals surface area (Å²) in [4.78, 5) is 12.5. The molecule has 1 heterocycles. The molecule has 0 saturated carbocycles. The fraction of sp³-hybridized carbons (Fsp3) is 0.0909. The Morgan fingerprint density at radius 3 is 2.59 bits per heavy atom. The number of nitriles is 1. The highest BCUT2D eigenvalue weighted by atomic mass is 35.5. The Bertz CT molecular complexity index is 1180. The molecule has 7 heteroatoms. The van der Waals surface area contributed by atoms with E-state index in [1.165, 1.54) is 24.3 Å². The predicted octanol–water partition coefficient (Wildman–Crippen LogP) is 6.09. The van der Waals surface area contributed by atoms with E-state index in [4.69, 9.17) is 23.2 Å². The van der Waals surface area contributed by atoms with Crippen LogP contribution < -0.4 is 5.32 Å². The third-order valence-corrected chi connectivity index (χ3v) is 5.24. The van der Waals surface area contributed by atoms with E-state index >= 15 is 0 Å². The van der Waals surface area contributed by atoms with Crippen LogP contribution in [0.1, 0.15) is 17.0 Å². The molecule has 0 bridgehead atoms. The molecule has 0 spiro atoms. The normalized spacial score (nSPS) is 11.2. The predicted molar refractivity (Wildman–Crippen MR) is 114 cm³/mol. The zero-order valence-electron chi connectivity index (χ0n) is 15.6. The van der Waals surface area contributed by atoms with E-state index in [-0.39, 0.29) is 11.3 Å². The van der Waals surface area contributed by atoms with Crippen LogP contribution in [0.4, 0.5) is 10.1 Å². The Labute approximate surface area is 177 Å². The highest BCUT2D eigenvalue weighted by Crippen LogP contribution is 2.32. The average Bonchev–Trinajstić information content (AvgIpc) is 2.97. The summed E-state index contributed by atoms with van der Waals surface area (Å²) < 4.78 is 15.7. The fourth-order valence-corrected chi connectivity index (χ4v) is 3.41. The van der Waals surface area contributed by atoms with E-state index < -0.39 is 11.7 Å². The van der Waals surface area contributed by atoms with Gasteiger partial charge in [-0.2, -0.15) is 5.26 Å². The quantitative estimate of drug-likeness (QED) is 0.404. The van der Waals surface area contributed by atoms with Gasteiger partial charge in [-0.3, -0.25) is 4.79 Å². The van der Waals surface area contributed by atoms with Gasteiger partial charge in [0.05, 0.1) is 21.4 Å². The molecule has 146 valence electrons. The van der Waals surface area contributed by atoms with Crippen molar-refractivity contribution in [2.75, 3.05) is 5.32 Å². The Morgan fingerprint density at radius 2 is 1.90 bits per heavy atom. The summed E-state index contributed by atoms with van der Waals surface area (Å²) in [6.45, 7) is 3.73. The second kappa shape index (κ2) is 8.52. The van der Waals surface area contributed by atoms with Gasteiger partial charge in [0.15, 0.2) is 0 Å². The van der Waals surface area contributed by atoms with E-state index in [9.17, 15) is 14.4 Å². The Hall–Kier alpha value is -3.07. The molecule has 0 saturated heterocycles. The highest BCUT2D eigenvalue weighted by Gasteiger charge is 2.16. The third-order valence-electron chi connectivity index (χ3n) is 4.43. The number of rotatable bonds is 4. The Morgan fingerprint density at radius 1 is 1.17 bits per heavy atom. The number of nitrogens with one attached hydrogen (secondary N) is 1. The third kappa shape index (κ3) is 4.19. The van der Waals surface area contributed by atoms with Gasteiger partial charge in [-0.25, -0.2) is 4.39 Å². The molecule has 3 aromatic rings. The SMILES string of the molecule is Cc1cc(/C=C(/C#N)C(=O)Nc2ccccc2F)c(C)n1-c1cccc(Cl)c1Cl. The number of carbonyl (C=O) groups excluding carboxylic acids is 1. The zero-order valence-corrected chi connectivity index (χ0v) is 17.1. The molecule has 0 atom stereocenters. The number of para-hydroxylation sites is 1. The number of aromatic nitrogens is 1. The number of halogens is 3. The van der Waals surface area contributed by atoms with Crippen molar-refractivity contribution >= 4 is 40.9 Å². The minimum Gasteiger partial charge on any atom is -0.319 e. The molecular formula is C22H16Cl2FN3O. The minimum absolute atomic E-state index is 0.00910. The molecule has 4 nitrogen and oxygen atoms in total. The van der Waals surface area contributed by atoms with E-state index in [2.05, 4.69) is 5.32 Å². The van der Waals surface area contributed by atoms with Crippen LogP contribution in [-0.2, 0) is 4.79 Å². The smallest absolute Gasteiger partial charge is 0.266 e. The van der Waals surface area contributed by atoms with E-state index in [0.29, 0.717) is 21.3 Å². The lowest BCUT2D eigenvalue weighted by Gasteiger charge is -2.12. The molecule has 1 amide bonds. The van der Waals surface area contributed by atoms with E-state index in [1.807, 2.05) is 36.6 Å². The van der Waals surface area contributed by atoms with E-state index in [0.717, 1.165) is 11.4 Å². The van der Waals surface area contributed by atoms with E-state index in [1.54, 1.807) is 18.2 Å². The fourth-order valence-electron chi connectivity index (χ4n) is 3.03. The Balaban J connectivity index is 1.99. The van der Waals surface area contributed by atoms with Gasteiger partial charge in [-0.05, 0) is 55.8 Å². The number of anilines is 1. The number of benzene rings is 2. The van der Waals surface area contributed by atoms with Crippen molar-refractivity contribution in [3.05, 3.63) is 86.9 Å². The monoisotopic (exact) mass is 427 g/mol. The standard InChI is InChI=1S/C22H16Cl2FN3O/c1-13-10-15(14(2)28(13)20-9-5-6-17(23)21(20)24)11-16(12-26)22(29)27-19-8-4-3-7-18(19)25/h3-11H,1-2H3,(H,27,29)/b16-11-.